The number of hydrogen-bond acceptors (Lipinski definition) is 2. The van der Waals surface area contributed by atoms with Gasteiger partial charge in [0.2, 0.25) is 0 Å². The molecule has 0 spiro atoms. The van der Waals surface area contributed by atoms with Gasteiger partial charge in [0, 0.05) is 25.7 Å². The molecule has 0 aromatic heterocycles. The van der Waals surface area contributed by atoms with Crippen LogP contribution >= 0.6 is 0 Å². The van der Waals surface area contributed by atoms with Gasteiger partial charge in [-0.15, -0.1) is 0 Å². The minimum atomic E-state index is -4.04. The van der Waals surface area contributed by atoms with E-state index in [9.17, 15) is 13.2 Å². The Bertz CT molecular complexity index is 117. The van der Waals surface area contributed by atoms with Gasteiger partial charge in [-0.1, -0.05) is 0 Å². The van der Waals surface area contributed by atoms with Gasteiger partial charge in [-0.25, -0.2) is 0 Å². The van der Waals surface area contributed by atoms with E-state index in [2.05, 4.69) is 10.6 Å². The van der Waals surface area contributed by atoms with Gasteiger partial charge < -0.3 is 10.6 Å². The third-order valence-corrected chi connectivity index (χ3v) is 1.60. The molecule has 1 aliphatic heterocycles. The van der Waals surface area contributed by atoms with Crippen LogP contribution in [0, 0.1) is 0 Å². The van der Waals surface area contributed by atoms with E-state index in [0.717, 1.165) is 6.54 Å². The zero-order valence-corrected chi connectivity index (χ0v) is 6.04. The molecule has 1 fully saturated rings. The van der Waals surface area contributed by atoms with Crippen LogP contribution < -0.4 is 10.6 Å². The fourth-order valence-corrected chi connectivity index (χ4v) is 1.14. The summed E-state index contributed by atoms with van der Waals surface area (Å²) < 4.78 is 35.3. The van der Waals surface area contributed by atoms with E-state index in [1.54, 1.807) is 0 Å². The van der Waals surface area contributed by atoms with E-state index in [1.165, 1.54) is 0 Å². The van der Waals surface area contributed by atoms with Gasteiger partial charge in [0.1, 0.15) is 0 Å². The molecule has 1 saturated heterocycles. The topological polar surface area (TPSA) is 24.1 Å². The summed E-state index contributed by atoms with van der Waals surface area (Å²) in [7, 11) is 0. The maximum atomic E-state index is 11.8. The Kier molecular flexibility index (Phi) is 2.72. The minimum absolute atomic E-state index is 0.416. The summed E-state index contributed by atoms with van der Waals surface area (Å²) in [5.74, 6) is 0. The first-order chi connectivity index (χ1) is 5.08. The first kappa shape index (κ1) is 8.80. The zero-order valence-electron chi connectivity index (χ0n) is 6.04. The van der Waals surface area contributed by atoms with Crippen molar-refractivity contribution in [3.8, 4) is 0 Å². The zero-order chi connectivity index (χ0) is 8.32. The van der Waals surface area contributed by atoms with Crippen LogP contribution in [-0.4, -0.2) is 31.9 Å². The Hall–Kier alpha value is -0.290. The monoisotopic (exact) mass is 168 g/mol. The molecular formula is C6H11F3N2. The third kappa shape index (κ3) is 3.57. The van der Waals surface area contributed by atoms with Crippen molar-refractivity contribution >= 4 is 0 Å². The maximum absolute atomic E-state index is 11.8. The SMILES string of the molecule is FC(F)(F)C[C@@H]1CNCCN1. The average Bonchev–Trinajstić information content (AvgIpc) is 1.85. The van der Waals surface area contributed by atoms with E-state index >= 15 is 0 Å². The lowest BCUT2D eigenvalue weighted by Crippen LogP contribution is -2.49. The largest absolute Gasteiger partial charge is 0.390 e. The predicted molar refractivity (Wildman–Crippen MR) is 35.3 cm³/mol. The molecule has 0 aliphatic carbocycles. The van der Waals surface area contributed by atoms with Gasteiger partial charge in [0.05, 0.1) is 6.42 Å². The fraction of sp³-hybridized carbons (Fsp3) is 1.00. The molecule has 66 valence electrons. The van der Waals surface area contributed by atoms with Crippen molar-refractivity contribution in [2.24, 2.45) is 0 Å². The summed E-state index contributed by atoms with van der Waals surface area (Å²) in [6, 6.07) is -0.441. The van der Waals surface area contributed by atoms with Crippen molar-refractivity contribution in [2.75, 3.05) is 19.6 Å². The van der Waals surface area contributed by atoms with Crippen molar-refractivity contribution in [3.63, 3.8) is 0 Å². The van der Waals surface area contributed by atoms with Crippen LogP contribution in [0.4, 0.5) is 13.2 Å². The van der Waals surface area contributed by atoms with Crippen molar-refractivity contribution in [1.82, 2.24) is 10.6 Å². The number of alkyl halides is 3. The van der Waals surface area contributed by atoms with Crippen molar-refractivity contribution < 1.29 is 13.2 Å². The van der Waals surface area contributed by atoms with Gasteiger partial charge in [0.25, 0.3) is 0 Å². The lowest BCUT2D eigenvalue weighted by molar-refractivity contribution is -0.140. The molecule has 2 N–H and O–H groups in total. The molecule has 0 unspecified atom stereocenters. The molecule has 0 saturated carbocycles. The molecule has 5 heteroatoms. The highest BCUT2D eigenvalue weighted by molar-refractivity contribution is 4.77. The van der Waals surface area contributed by atoms with Crippen LogP contribution in [0.5, 0.6) is 0 Å². The Morgan fingerprint density at radius 2 is 2.00 bits per heavy atom. The smallest absolute Gasteiger partial charge is 0.314 e. The number of hydrogen-bond donors (Lipinski definition) is 2. The maximum Gasteiger partial charge on any atom is 0.390 e. The van der Waals surface area contributed by atoms with Crippen LogP contribution in [0.2, 0.25) is 0 Å². The quantitative estimate of drug-likeness (QED) is 0.595. The second kappa shape index (κ2) is 3.40. The fourth-order valence-electron chi connectivity index (χ4n) is 1.14. The number of piperazine rings is 1. The third-order valence-electron chi connectivity index (χ3n) is 1.60. The van der Waals surface area contributed by atoms with Crippen molar-refractivity contribution in [3.05, 3.63) is 0 Å². The summed E-state index contributed by atoms with van der Waals surface area (Å²) in [5.41, 5.74) is 0. The van der Waals surface area contributed by atoms with E-state index < -0.39 is 18.6 Å². The van der Waals surface area contributed by atoms with Crippen molar-refractivity contribution in [2.45, 2.75) is 18.6 Å². The molecule has 0 aromatic carbocycles. The number of nitrogens with one attached hydrogen (secondary N) is 2. The van der Waals surface area contributed by atoms with Gasteiger partial charge in [0.15, 0.2) is 0 Å². The van der Waals surface area contributed by atoms with Gasteiger partial charge in [-0.05, 0) is 0 Å². The van der Waals surface area contributed by atoms with E-state index in [0.29, 0.717) is 13.1 Å². The molecular weight excluding hydrogens is 157 g/mol. The van der Waals surface area contributed by atoms with Gasteiger partial charge in [-0.3, -0.25) is 0 Å². The number of halogens is 3. The molecule has 0 radical (unpaired) electrons. The van der Waals surface area contributed by atoms with Crippen LogP contribution in [0.3, 0.4) is 0 Å². The Morgan fingerprint density at radius 3 is 2.45 bits per heavy atom. The van der Waals surface area contributed by atoms with E-state index in [-0.39, 0.29) is 0 Å². The van der Waals surface area contributed by atoms with Crippen LogP contribution in [0.1, 0.15) is 6.42 Å². The highest BCUT2D eigenvalue weighted by Gasteiger charge is 2.32. The predicted octanol–water partition coefficient (Wildman–Crippen LogP) is 0.500. The summed E-state index contributed by atoms with van der Waals surface area (Å²) in [6.07, 6.45) is -4.78. The summed E-state index contributed by atoms with van der Waals surface area (Å²) in [6.45, 7) is 1.80. The van der Waals surface area contributed by atoms with E-state index in [1.807, 2.05) is 0 Å². The molecule has 0 aromatic rings. The average molecular weight is 168 g/mol. The molecule has 0 bridgehead atoms. The van der Waals surface area contributed by atoms with Crippen LogP contribution in [0.25, 0.3) is 0 Å². The normalized spacial score (nSPS) is 27.0. The second-order valence-electron chi connectivity index (χ2n) is 2.67. The summed E-state index contributed by atoms with van der Waals surface area (Å²) >= 11 is 0. The lowest BCUT2D eigenvalue weighted by atomic mass is 10.1. The standard InChI is InChI=1S/C6H11F3N2/c7-6(8,9)3-5-4-10-1-2-11-5/h5,10-11H,1-4H2/t5-/m1/s1. The van der Waals surface area contributed by atoms with E-state index in [4.69, 9.17) is 0 Å². The van der Waals surface area contributed by atoms with Crippen LogP contribution in [-0.2, 0) is 0 Å². The summed E-state index contributed by atoms with van der Waals surface area (Å²) in [5, 5.41) is 5.69. The van der Waals surface area contributed by atoms with Crippen LogP contribution in [0.15, 0.2) is 0 Å². The second-order valence-corrected chi connectivity index (χ2v) is 2.67. The molecule has 1 heterocycles. The Labute approximate surface area is 63.2 Å². The van der Waals surface area contributed by atoms with Gasteiger partial charge >= 0.3 is 6.18 Å². The molecule has 1 aliphatic rings. The summed E-state index contributed by atoms with van der Waals surface area (Å²) in [4.78, 5) is 0. The minimum Gasteiger partial charge on any atom is -0.314 e. The first-order valence-electron chi connectivity index (χ1n) is 3.59. The molecule has 1 rings (SSSR count). The Morgan fingerprint density at radius 1 is 1.27 bits per heavy atom. The lowest BCUT2D eigenvalue weighted by Gasteiger charge is -2.25. The first-order valence-corrected chi connectivity index (χ1v) is 3.59. The van der Waals surface area contributed by atoms with Gasteiger partial charge in [-0.2, -0.15) is 13.2 Å². The molecule has 0 amide bonds. The highest BCUT2D eigenvalue weighted by Crippen LogP contribution is 2.21. The van der Waals surface area contributed by atoms with Crippen molar-refractivity contribution in [1.29, 1.82) is 0 Å². The number of rotatable bonds is 1. The molecule has 1 atom stereocenters. The molecule has 11 heavy (non-hydrogen) atoms. The highest BCUT2D eigenvalue weighted by atomic mass is 19.4. The molecule has 2 nitrogen and oxygen atoms in total. The Balaban J connectivity index is 2.24.